The normalized spacial score (nSPS) is 22.8. The maximum absolute atomic E-state index is 13.0. The van der Waals surface area contributed by atoms with Gasteiger partial charge in [0.15, 0.2) is 6.10 Å². The molecule has 0 aliphatic carbocycles. The number of carbonyl (C=O) groups is 1. The Balaban J connectivity index is 1.90. The van der Waals surface area contributed by atoms with E-state index in [1.54, 1.807) is 17.0 Å². The summed E-state index contributed by atoms with van der Waals surface area (Å²) in [5, 5.41) is 9.98. The molecule has 0 radical (unpaired) electrons. The van der Waals surface area contributed by atoms with Crippen LogP contribution in [-0.4, -0.2) is 22.0 Å². The maximum Gasteiger partial charge on any atom is 0.255 e. The van der Waals surface area contributed by atoms with Gasteiger partial charge in [-0.3, -0.25) is 4.79 Å². The van der Waals surface area contributed by atoms with Crippen LogP contribution in [0.1, 0.15) is 30.1 Å². The van der Waals surface area contributed by atoms with Crippen LogP contribution in [0.2, 0.25) is 0 Å². The number of hydrogen-bond acceptors (Lipinski definition) is 2. The Hall–Kier alpha value is -2.20. The van der Waals surface area contributed by atoms with Gasteiger partial charge in [-0.25, -0.2) is 4.39 Å². The molecule has 1 saturated heterocycles. The van der Waals surface area contributed by atoms with Crippen LogP contribution in [0.3, 0.4) is 0 Å². The Morgan fingerprint density at radius 3 is 2.33 bits per heavy atom. The molecule has 21 heavy (non-hydrogen) atoms. The average Bonchev–Trinajstić information content (AvgIpc) is 2.53. The molecule has 1 aliphatic rings. The molecule has 0 saturated carbocycles. The summed E-state index contributed by atoms with van der Waals surface area (Å²) in [5.41, 5.74) is 1.75. The Labute approximate surface area is 122 Å². The zero-order chi connectivity index (χ0) is 15.0. The van der Waals surface area contributed by atoms with Crippen LogP contribution in [0, 0.1) is 5.82 Å². The Morgan fingerprint density at radius 2 is 1.71 bits per heavy atom. The summed E-state index contributed by atoms with van der Waals surface area (Å²) in [6.07, 6.45) is -1.05. The average molecular weight is 285 g/mol. The maximum atomic E-state index is 13.0. The summed E-state index contributed by atoms with van der Waals surface area (Å²) in [6.45, 7) is 1.93. The van der Waals surface area contributed by atoms with E-state index in [1.165, 1.54) is 12.1 Å². The molecule has 1 fully saturated rings. The minimum atomic E-state index is -1.05. The van der Waals surface area contributed by atoms with Crippen LogP contribution in [0.25, 0.3) is 0 Å². The third-order valence-corrected chi connectivity index (χ3v) is 4.02. The molecule has 0 unspecified atom stereocenters. The number of aliphatic hydroxyl groups is 1. The predicted molar refractivity (Wildman–Crippen MR) is 76.9 cm³/mol. The van der Waals surface area contributed by atoms with Crippen molar-refractivity contribution in [3.05, 3.63) is 71.5 Å². The lowest BCUT2D eigenvalue weighted by atomic mass is 9.87. The second-order valence-electron chi connectivity index (χ2n) is 5.27. The van der Waals surface area contributed by atoms with Gasteiger partial charge >= 0.3 is 0 Å². The number of aliphatic hydroxyl groups excluding tert-OH is 1. The molecule has 3 rings (SSSR count). The fourth-order valence-corrected chi connectivity index (χ4v) is 2.82. The van der Waals surface area contributed by atoms with E-state index < -0.39 is 12.1 Å². The van der Waals surface area contributed by atoms with Crippen molar-refractivity contribution < 1.29 is 14.3 Å². The zero-order valence-corrected chi connectivity index (χ0v) is 11.6. The first-order valence-electron chi connectivity index (χ1n) is 6.90. The number of hydrogen-bond donors (Lipinski definition) is 1. The highest BCUT2D eigenvalue weighted by Crippen LogP contribution is 2.41. The molecule has 0 spiro atoms. The van der Waals surface area contributed by atoms with E-state index in [0.717, 1.165) is 11.1 Å². The fourth-order valence-electron chi connectivity index (χ4n) is 2.82. The van der Waals surface area contributed by atoms with Crippen molar-refractivity contribution in [2.24, 2.45) is 0 Å². The van der Waals surface area contributed by atoms with Gasteiger partial charge in [-0.2, -0.15) is 0 Å². The van der Waals surface area contributed by atoms with Crippen LogP contribution in [0.15, 0.2) is 54.6 Å². The number of benzene rings is 2. The molecule has 1 amide bonds. The van der Waals surface area contributed by atoms with Gasteiger partial charge in [0.25, 0.3) is 5.91 Å². The van der Waals surface area contributed by atoms with Gasteiger partial charge in [0.05, 0.1) is 12.1 Å². The SMILES string of the molecule is C[C@@H](c1ccccc1)N1C(=O)[C@H](O)[C@@H]1c1ccc(F)cc1. The van der Waals surface area contributed by atoms with Gasteiger partial charge in [-0.1, -0.05) is 42.5 Å². The smallest absolute Gasteiger partial charge is 0.255 e. The van der Waals surface area contributed by atoms with Gasteiger partial charge in [0, 0.05) is 0 Å². The van der Waals surface area contributed by atoms with Crippen LogP contribution >= 0.6 is 0 Å². The van der Waals surface area contributed by atoms with Crippen molar-refractivity contribution in [2.75, 3.05) is 0 Å². The molecule has 1 heterocycles. The van der Waals surface area contributed by atoms with E-state index in [0.29, 0.717) is 0 Å². The number of likely N-dealkylation sites (tertiary alicyclic amines) is 1. The first kappa shape index (κ1) is 13.8. The number of nitrogens with zero attached hydrogens (tertiary/aromatic N) is 1. The minimum absolute atomic E-state index is 0.142. The molecule has 4 heteroatoms. The van der Waals surface area contributed by atoms with Crippen LogP contribution < -0.4 is 0 Å². The van der Waals surface area contributed by atoms with Crippen LogP contribution in [0.4, 0.5) is 4.39 Å². The topological polar surface area (TPSA) is 40.5 Å². The lowest BCUT2D eigenvalue weighted by molar-refractivity contribution is -0.172. The monoisotopic (exact) mass is 285 g/mol. The van der Waals surface area contributed by atoms with Crippen molar-refractivity contribution in [1.82, 2.24) is 4.90 Å². The van der Waals surface area contributed by atoms with Crippen molar-refractivity contribution in [3.8, 4) is 0 Å². The predicted octanol–water partition coefficient (Wildman–Crippen LogP) is 2.83. The van der Waals surface area contributed by atoms with E-state index in [2.05, 4.69) is 0 Å². The molecule has 108 valence electrons. The van der Waals surface area contributed by atoms with E-state index in [-0.39, 0.29) is 17.8 Å². The first-order valence-corrected chi connectivity index (χ1v) is 6.90. The molecule has 3 nitrogen and oxygen atoms in total. The summed E-state index contributed by atoms with van der Waals surface area (Å²) in [5.74, 6) is -0.623. The van der Waals surface area contributed by atoms with Crippen molar-refractivity contribution in [1.29, 1.82) is 0 Å². The van der Waals surface area contributed by atoms with Gasteiger partial charge in [0.1, 0.15) is 5.82 Å². The second kappa shape index (κ2) is 5.30. The Kier molecular flexibility index (Phi) is 3.47. The van der Waals surface area contributed by atoms with Crippen LogP contribution in [0.5, 0.6) is 0 Å². The third kappa shape index (κ3) is 2.32. The molecular weight excluding hydrogens is 269 g/mol. The summed E-state index contributed by atoms with van der Waals surface area (Å²) < 4.78 is 13.0. The van der Waals surface area contributed by atoms with E-state index in [1.807, 2.05) is 37.3 Å². The number of halogens is 1. The summed E-state index contributed by atoms with van der Waals surface area (Å²) >= 11 is 0. The quantitative estimate of drug-likeness (QED) is 0.881. The highest BCUT2D eigenvalue weighted by molar-refractivity contribution is 5.89. The lowest BCUT2D eigenvalue weighted by Crippen LogP contribution is -2.59. The summed E-state index contributed by atoms with van der Waals surface area (Å²) in [7, 11) is 0. The molecule has 3 atom stereocenters. The zero-order valence-electron chi connectivity index (χ0n) is 11.6. The number of β-lactam (4-membered cyclic amide) rings is 1. The standard InChI is InChI=1S/C17H16FNO2/c1-11(12-5-3-2-4-6-12)19-15(16(20)17(19)21)13-7-9-14(18)10-8-13/h2-11,15-16,20H,1H3/t11-,15-,16+/m0/s1. The van der Waals surface area contributed by atoms with Gasteiger partial charge in [0.2, 0.25) is 0 Å². The minimum Gasteiger partial charge on any atom is -0.381 e. The lowest BCUT2D eigenvalue weighted by Gasteiger charge is -2.48. The number of amides is 1. The Bertz CT molecular complexity index is 642. The van der Waals surface area contributed by atoms with Gasteiger partial charge in [-0.05, 0) is 30.2 Å². The highest BCUT2D eigenvalue weighted by atomic mass is 19.1. The molecular formula is C17H16FNO2. The Morgan fingerprint density at radius 1 is 1.10 bits per heavy atom. The molecule has 2 aromatic rings. The second-order valence-corrected chi connectivity index (χ2v) is 5.27. The molecule has 0 bridgehead atoms. The van der Waals surface area contributed by atoms with Gasteiger partial charge < -0.3 is 10.0 Å². The summed E-state index contributed by atoms with van der Waals surface area (Å²) in [4.78, 5) is 13.7. The number of rotatable bonds is 3. The van der Waals surface area contributed by atoms with Crippen molar-refractivity contribution >= 4 is 5.91 Å². The fraction of sp³-hybridized carbons (Fsp3) is 0.235. The van der Waals surface area contributed by atoms with Crippen molar-refractivity contribution in [3.63, 3.8) is 0 Å². The van der Waals surface area contributed by atoms with E-state index in [9.17, 15) is 14.3 Å². The third-order valence-electron chi connectivity index (χ3n) is 4.02. The highest BCUT2D eigenvalue weighted by Gasteiger charge is 2.49. The molecule has 2 aromatic carbocycles. The van der Waals surface area contributed by atoms with Crippen LogP contribution in [-0.2, 0) is 4.79 Å². The van der Waals surface area contributed by atoms with Gasteiger partial charge in [-0.15, -0.1) is 0 Å². The number of carbonyl (C=O) groups excluding carboxylic acids is 1. The van der Waals surface area contributed by atoms with E-state index in [4.69, 9.17) is 0 Å². The van der Waals surface area contributed by atoms with E-state index >= 15 is 0 Å². The molecule has 1 N–H and O–H groups in total. The molecule has 0 aromatic heterocycles. The molecule has 1 aliphatic heterocycles. The van der Waals surface area contributed by atoms with Crippen molar-refractivity contribution in [2.45, 2.75) is 25.1 Å². The first-order chi connectivity index (χ1) is 10.1. The summed E-state index contributed by atoms with van der Waals surface area (Å²) in [6, 6.07) is 15.0. The largest absolute Gasteiger partial charge is 0.381 e.